The molecular weight excluding hydrogens is 276 g/mol. The molecular formula is C15H10O6. The van der Waals surface area contributed by atoms with Crippen molar-refractivity contribution in [2.45, 2.75) is 0 Å². The third-order valence-corrected chi connectivity index (χ3v) is 3.16. The van der Waals surface area contributed by atoms with Crippen molar-refractivity contribution in [1.29, 1.82) is 0 Å². The lowest BCUT2D eigenvalue weighted by molar-refractivity contribution is 0.0734. The van der Waals surface area contributed by atoms with Crippen LogP contribution in [-0.4, -0.2) is 19.6 Å². The summed E-state index contributed by atoms with van der Waals surface area (Å²) >= 11 is 0. The summed E-state index contributed by atoms with van der Waals surface area (Å²) in [6.45, 7) is 0.338. The summed E-state index contributed by atoms with van der Waals surface area (Å²) in [6, 6.07) is 9.87. The first-order valence-corrected chi connectivity index (χ1v) is 6.31. The van der Waals surface area contributed by atoms with Crippen molar-refractivity contribution in [1.82, 2.24) is 0 Å². The molecule has 6 heteroatoms. The van der Waals surface area contributed by atoms with Gasteiger partial charge in [-0.25, -0.2) is 4.79 Å². The fourth-order valence-electron chi connectivity index (χ4n) is 2.13. The van der Waals surface area contributed by atoms with Gasteiger partial charge in [0.25, 0.3) is 0 Å². The highest BCUT2D eigenvalue weighted by atomic mass is 16.7. The molecule has 2 aliphatic heterocycles. The van der Waals surface area contributed by atoms with E-state index in [9.17, 15) is 4.79 Å². The standard InChI is InChI=1S/C15H10O6/c16-15(9-1-3-11-13(5-9)19-7-17-11)21-10-2-4-12-14(6-10)20-8-18-12/h1-6H,7-8H2. The number of rotatable bonds is 2. The Balaban J connectivity index is 1.55. The van der Waals surface area contributed by atoms with Crippen molar-refractivity contribution in [3.63, 3.8) is 0 Å². The lowest BCUT2D eigenvalue weighted by Gasteiger charge is -2.06. The monoisotopic (exact) mass is 286 g/mol. The molecule has 4 rings (SSSR count). The van der Waals surface area contributed by atoms with Gasteiger partial charge >= 0.3 is 5.97 Å². The van der Waals surface area contributed by atoms with Gasteiger partial charge in [-0.15, -0.1) is 0 Å². The second kappa shape index (κ2) is 4.59. The van der Waals surface area contributed by atoms with Crippen LogP contribution in [0.25, 0.3) is 0 Å². The molecule has 0 aromatic heterocycles. The SMILES string of the molecule is O=C(Oc1ccc2c(c1)OCO2)c1ccc2c(c1)OCO2. The van der Waals surface area contributed by atoms with Crippen LogP contribution in [-0.2, 0) is 0 Å². The van der Waals surface area contributed by atoms with E-state index < -0.39 is 5.97 Å². The van der Waals surface area contributed by atoms with Crippen LogP contribution in [0.1, 0.15) is 10.4 Å². The Bertz CT molecular complexity index is 724. The first-order valence-electron chi connectivity index (χ1n) is 6.31. The van der Waals surface area contributed by atoms with Crippen molar-refractivity contribution in [3.05, 3.63) is 42.0 Å². The fourth-order valence-corrected chi connectivity index (χ4v) is 2.13. The van der Waals surface area contributed by atoms with E-state index in [0.29, 0.717) is 34.3 Å². The Morgan fingerprint density at radius 3 is 2.19 bits per heavy atom. The number of ether oxygens (including phenoxy) is 5. The van der Waals surface area contributed by atoms with Gasteiger partial charge in [-0.1, -0.05) is 0 Å². The van der Waals surface area contributed by atoms with Crippen LogP contribution < -0.4 is 23.7 Å². The molecule has 0 saturated carbocycles. The van der Waals surface area contributed by atoms with Crippen LogP contribution in [0.15, 0.2) is 36.4 Å². The highest BCUT2D eigenvalue weighted by Crippen LogP contribution is 2.36. The number of carbonyl (C=O) groups excluding carboxylic acids is 1. The number of fused-ring (bicyclic) bond motifs is 2. The molecule has 6 nitrogen and oxygen atoms in total. The first kappa shape index (κ1) is 11.9. The molecule has 0 aliphatic carbocycles. The molecule has 0 bridgehead atoms. The van der Waals surface area contributed by atoms with Gasteiger partial charge in [0, 0.05) is 6.07 Å². The summed E-state index contributed by atoms with van der Waals surface area (Å²) in [6.07, 6.45) is 0. The highest BCUT2D eigenvalue weighted by molar-refractivity contribution is 5.92. The molecule has 0 radical (unpaired) electrons. The van der Waals surface area contributed by atoms with E-state index in [4.69, 9.17) is 23.7 Å². The van der Waals surface area contributed by atoms with E-state index >= 15 is 0 Å². The zero-order chi connectivity index (χ0) is 14.2. The van der Waals surface area contributed by atoms with Gasteiger partial charge in [-0.2, -0.15) is 0 Å². The minimum atomic E-state index is -0.479. The molecule has 0 unspecified atom stereocenters. The maximum atomic E-state index is 12.1. The van der Waals surface area contributed by atoms with E-state index in [2.05, 4.69) is 0 Å². The molecule has 0 atom stereocenters. The van der Waals surface area contributed by atoms with E-state index in [-0.39, 0.29) is 13.6 Å². The van der Waals surface area contributed by atoms with E-state index in [1.165, 1.54) is 0 Å². The number of benzene rings is 2. The molecule has 21 heavy (non-hydrogen) atoms. The molecule has 0 N–H and O–H groups in total. The molecule has 0 fully saturated rings. The maximum Gasteiger partial charge on any atom is 0.343 e. The van der Waals surface area contributed by atoms with Crippen molar-refractivity contribution >= 4 is 5.97 Å². The predicted molar refractivity (Wildman–Crippen MR) is 70.1 cm³/mol. The highest BCUT2D eigenvalue weighted by Gasteiger charge is 2.19. The largest absolute Gasteiger partial charge is 0.454 e. The summed E-state index contributed by atoms with van der Waals surface area (Å²) in [7, 11) is 0. The van der Waals surface area contributed by atoms with E-state index in [1.807, 2.05) is 0 Å². The second-order valence-corrected chi connectivity index (χ2v) is 4.47. The van der Waals surface area contributed by atoms with Gasteiger partial charge in [0.2, 0.25) is 13.6 Å². The Labute approximate surface area is 119 Å². The van der Waals surface area contributed by atoms with E-state index in [0.717, 1.165) is 0 Å². The van der Waals surface area contributed by atoms with Crippen LogP contribution in [0.4, 0.5) is 0 Å². The minimum absolute atomic E-state index is 0.163. The van der Waals surface area contributed by atoms with Crippen LogP contribution in [0, 0.1) is 0 Å². The number of esters is 1. The van der Waals surface area contributed by atoms with Gasteiger partial charge in [0.05, 0.1) is 5.56 Å². The molecule has 2 aliphatic rings. The van der Waals surface area contributed by atoms with Crippen LogP contribution in [0.3, 0.4) is 0 Å². The summed E-state index contributed by atoms with van der Waals surface area (Å²) in [5.74, 6) is 2.27. The van der Waals surface area contributed by atoms with Gasteiger partial charge in [0.1, 0.15) is 5.75 Å². The number of hydrogen-bond acceptors (Lipinski definition) is 6. The van der Waals surface area contributed by atoms with Crippen LogP contribution in [0.2, 0.25) is 0 Å². The zero-order valence-corrected chi connectivity index (χ0v) is 10.8. The van der Waals surface area contributed by atoms with Crippen LogP contribution in [0.5, 0.6) is 28.7 Å². The smallest absolute Gasteiger partial charge is 0.343 e. The van der Waals surface area contributed by atoms with E-state index in [1.54, 1.807) is 36.4 Å². The van der Waals surface area contributed by atoms with Crippen molar-refractivity contribution < 1.29 is 28.5 Å². The lowest BCUT2D eigenvalue weighted by Crippen LogP contribution is -2.08. The third kappa shape index (κ3) is 2.10. The summed E-state index contributed by atoms with van der Waals surface area (Å²) in [5, 5.41) is 0. The second-order valence-electron chi connectivity index (χ2n) is 4.47. The molecule has 0 saturated heterocycles. The predicted octanol–water partition coefficient (Wildman–Crippen LogP) is 2.36. The maximum absolute atomic E-state index is 12.1. The Morgan fingerprint density at radius 1 is 0.810 bits per heavy atom. The molecule has 106 valence electrons. The number of carbonyl (C=O) groups is 1. The van der Waals surface area contributed by atoms with Crippen molar-refractivity contribution in [2.24, 2.45) is 0 Å². The zero-order valence-electron chi connectivity index (χ0n) is 10.8. The summed E-state index contributed by atoms with van der Waals surface area (Å²) in [5.41, 5.74) is 0.386. The Kier molecular flexibility index (Phi) is 2.60. The fraction of sp³-hybridized carbons (Fsp3) is 0.133. The van der Waals surface area contributed by atoms with Gasteiger partial charge in [-0.3, -0.25) is 0 Å². The topological polar surface area (TPSA) is 63.2 Å². The Morgan fingerprint density at radius 2 is 1.43 bits per heavy atom. The average Bonchev–Trinajstić information content (AvgIpc) is 3.14. The average molecular weight is 286 g/mol. The molecule has 0 amide bonds. The molecule has 0 spiro atoms. The normalized spacial score (nSPS) is 14.1. The van der Waals surface area contributed by atoms with Gasteiger partial charge in [-0.05, 0) is 30.3 Å². The van der Waals surface area contributed by atoms with Gasteiger partial charge in [0.15, 0.2) is 23.0 Å². The summed E-state index contributed by atoms with van der Waals surface area (Å²) in [4.78, 5) is 12.1. The third-order valence-electron chi connectivity index (χ3n) is 3.16. The quantitative estimate of drug-likeness (QED) is 0.624. The first-order chi connectivity index (χ1) is 10.3. The lowest BCUT2D eigenvalue weighted by atomic mass is 10.2. The minimum Gasteiger partial charge on any atom is -0.454 e. The van der Waals surface area contributed by atoms with Crippen molar-refractivity contribution in [3.8, 4) is 28.7 Å². The van der Waals surface area contributed by atoms with Crippen molar-refractivity contribution in [2.75, 3.05) is 13.6 Å². The molecule has 2 heterocycles. The molecule has 2 aromatic rings. The number of hydrogen-bond donors (Lipinski definition) is 0. The Hall–Kier alpha value is -2.89. The summed E-state index contributed by atoms with van der Waals surface area (Å²) < 4.78 is 26.2. The van der Waals surface area contributed by atoms with Gasteiger partial charge < -0.3 is 23.7 Å². The molecule has 2 aromatic carbocycles. The van der Waals surface area contributed by atoms with Crippen LogP contribution >= 0.6 is 0 Å².